The molecule has 2 aliphatic rings. The van der Waals surface area contributed by atoms with Crippen molar-refractivity contribution >= 4 is 34.2 Å². The van der Waals surface area contributed by atoms with E-state index in [2.05, 4.69) is 9.72 Å². The minimum atomic E-state index is -5.07. The van der Waals surface area contributed by atoms with Crippen LogP contribution in [0.1, 0.15) is 33.1 Å². The standard InChI is InChI=1S/C23H18ClF4N3O4/c24-16-7-18-12(14-8-34-9-15(14)21(29)30-18)6-13(16)22(32)31-3-4-33-10-19(31)11-1-2-17(25)20(5-11)35-23(26,27)28/h1-2,5-7,19H,3-4,8-10H2,(H2,29,30). The minimum absolute atomic E-state index is 0.00461. The summed E-state index contributed by atoms with van der Waals surface area (Å²) in [7, 11) is 0. The second-order valence-electron chi connectivity index (χ2n) is 8.12. The molecule has 5 rings (SSSR count). The number of benzene rings is 2. The summed E-state index contributed by atoms with van der Waals surface area (Å²) in [5.41, 5.74) is 8.51. The summed E-state index contributed by atoms with van der Waals surface area (Å²) in [5, 5.41) is 0.811. The molecule has 7 nitrogen and oxygen atoms in total. The first-order valence-corrected chi connectivity index (χ1v) is 10.9. The monoisotopic (exact) mass is 511 g/mol. The Morgan fingerprint density at radius 3 is 2.71 bits per heavy atom. The zero-order valence-corrected chi connectivity index (χ0v) is 18.8. The second kappa shape index (κ2) is 8.81. The van der Waals surface area contributed by atoms with E-state index in [9.17, 15) is 22.4 Å². The molecule has 2 aliphatic heterocycles. The summed E-state index contributed by atoms with van der Waals surface area (Å²) >= 11 is 6.45. The summed E-state index contributed by atoms with van der Waals surface area (Å²) in [6.07, 6.45) is -5.07. The van der Waals surface area contributed by atoms with Gasteiger partial charge in [0.2, 0.25) is 0 Å². The van der Waals surface area contributed by atoms with Gasteiger partial charge in [0.25, 0.3) is 5.91 Å². The van der Waals surface area contributed by atoms with Crippen LogP contribution in [0.4, 0.5) is 23.4 Å². The zero-order valence-electron chi connectivity index (χ0n) is 18.0. The topological polar surface area (TPSA) is 86.9 Å². The zero-order chi connectivity index (χ0) is 24.9. The van der Waals surface area contributed by atoms with Crippen LogP contribution in [0.3, 0.4) is 0 Å². The number of nitrogens with zero attached hydrogens (tertiary/aromatic N) is 2. The first-order valence-electron chi connectivity index (χ1n) is 10.5. The molecule has 2 N–H and O–H groups in total. The number of anilines is 1. The summed E-state index contributed by atoms with van der Waals surface area (Å²) in [5.74, 6) is -2.30. The third-order valence-electron chi connectivity index (χ3n) is 6.00. The summed E-state index contributed by atoms with van der Waals surface area (Å²) < 4.78 is 66.8. The fourth-order valence-corrected chi connectivity index (χ4v) is 4.60. The molecule has 1 unspecified atom stereocenters. The van der Waals surface area contributed by atoms with Gasteiger partial charge >= 0.3 is 6.36 Å². The van der Waals surface area contributed by atoms with Gasteiger partial charge in [0, 0.05) is 17.5 Å². The van der Waals surface area contributed by atoms with Crippen LogP contribution in [0.15, 0.2) is 30.3 Å². The number of nitrogens with two attached hydrogens (primary N) is 1. The Morgan fingerprint density at radius 2 is 1.94 bits per heavy atom. The van der Waals surface area contributed by atoms with Gasteiger partial charge in [0.1, 0.15) is 5.82 Å². The van der Waals surface area contributed by atoms with Gasteiger partial charge in [-0.3, -0.25) is 4.79 Å². The summed E-state index contributed by atoms with van der Waals surface area (Å²) in [4.78, 5) is 19.4. The van der Waals surface area contributed by atoms with Crippen molar-refractivity contribution < 1.29 is 36.6 Å². The van der Waals surface area contributed by atoms with E-state index in [-0.39, 0.29) is 35.9 Å². The van der Waals surface area contributed by atoms with Gasteiger partial charge < -0.3 is 24.8 Å². The van der Waals surface area contributed by atoms with Crippen LogP contribution >= 0.6 is 11.6 Å². The fraction of sp³-hybridized carbons (Fsp3) is 0.304. The number of morpholine rings is 1. The molecule has 12 heteroatoms. The van der Waals surface area contributed by atoms with E-state index >= 15 is 0 Å². The number of rotatable bonds is 3. The molecule has 3 heterocycles. The van der Waals surface area contributed by atoms with Gasteiger partial charge in [-0.25, -0.2) is 9.37 Å². The van der Waals surface area contributed by atoms with Crippen LogP contribution in [0.25, 0.3) is 10.9 Å². The van der Waals surface area contributed by atoms with Gasteiger partial charge in [0.15, 0.2) is 11.6 Å². The number of carbonyl (C=O) groups is 1. The predicted octanol–water partition coefficient (Wildman–Crippen LogP) is 4.75. The van der Waals surface area contributed by atoms with E-state index < -0.39 is 29.9 Å². The lowest BCUT2D eigenvalue weighted by atomic mass is 10.00. The largest absolute Gasteiger partial charge is 0.573 e. The van der Waals surface area contributed by atoms with Gasteiger partial charge in [-0.2, -0.15) is 0 Å². The Kier molecular flexibility index (Phi) is 5.94. The van der Waals surface area contributed by atoms with Crippen molar-refractivity contribution in [2.75, 3.05) is 25.5 Å². The SMILES string of the molecule is Nc1nc2cc(Cl)c(C(=O)N3CCOCC3c3ccc(F)c(OC(F)(F)F)c3)cc2c2c1COC2. The van der Waals surface area contributed by atoms with E-state index in [0.29, 0.717) is 29.9 Å². The second-order valence-corrected chi connectivity index (χ2v) is 8.53. The van der Waals surface area contributed by atoms with Crippen LogP contribution in [-0.4, -0.2) is 41.9 Å². The minimum Gasteiger partial charge on any atom is -0.403 e. The number of alkyl halides is 3. The Morgan fingerprint density at radius 1 is 1.17 bits per heavy atom. The smallest absolute Gasteiger partial charge is 0.403 e. The quantitative estimate of drug-likeness (QED) is 0.511. The molecular weight excluding hydrogens is 494 g/mol. The molecular formula is C23H18ClF4N3O4. The van der Waals surface area contributed by atoms with Gasteiger partial charge in [0.05, 0.1) is 48.6 Å². The predicted molar refractivity (Wildman–Crippen MR) is 117 cm³/mol. The molecule has 1 amide bonds. The van der Waals surface area contributed by atoms with E-state index in [1.54, 1.807) is 12.1 Å². The molecule has 0 bridgehead atoms. The molecule has 0 aliphatic carbocycles. The number of carbonyl (C=O) groups excluding carboxylic acids is 1. The maximum absolute atomic E-state index is 13.9. The van der Waals surface area contributed by atoms with Crippen LogP contribution in [-0.2, 0) is 22.7 Å². The summed E-state index contributed by atoms with van der Waals surface area (Å²) in [6, 6.07) is 5.43. The van der Waals surface area contributed by atoms with Crippen LogP contribution in [0, 0.1) is 5.82 Å². The van der Waals surface area contributed by atoms with E-state index in [4.69, 9.17) is 26.8 Å². The average molecular weight is 512 g/mol. The van der Waals surface area contributed by atoms with E-state index in [1.165, 1.54) is 11.0 Å². The number of hydrogen-bond acceptors (Lipinski definition) is 6. The summed E-state index contributed by atoms with van der Waals surface area (Å²) in [6.45, 7) is 0.975. The third kappa shape index (κ3) is 4.46. The van der Waals surface area contributed by atoms with Crippen LogP contribution in [0.5, 0.6) is 5.75 Å². The van der Waals surface area contributed by atoms with Crippen LogP contribution < -0.4 is 10.5 Å². The third-order valence-corrected chi connectivity index (χ3v) is 6.32. The first-order chi connectivity index (χ1) is 16.6. The molecule has 184 valence electrons. The Hall–Kier alpha value is -3.15. The number of pyridine rings is 1. The molecule has 1 saturated heterocycles. The number of halogens is 5. The number of hydrogen-bond donors (Lipinski definition) is 1. The van der Waals surface area contributed by atoms with Crippen molar-refractivity contribution in [2.24, 2.45) is 0 Å². The molecule has 1 atom stereocenters. The van der Waals surface area contributed by atoms with E-state index in [0.717, 1.165) is 23.3 Å². The Bertz CT molecular complexity index is 1330. The molecule has 0 radical (unpaired) electrons. The lowest BCUT2D eigenvalue weighted by molar-refractivity contribution is -0.275. The highest BCUT2D eigenvalue weighted by atomic mass is 35.5. The number of fused-ring (bicyclic) bond motifs is 3. The fourth-order valence-electron chi connectivity index (χ4n) is 4.36. The maximum atomic E-state index is 13.9. The number of ether oxygens (including phenoxy) is 3. The van der Waals surface area contributed by atoms with Crippen LogP contribution in [0.2, 0.25) is 5.02 Å². The highest BCUT2D eigenvalue weighted by molar-refractivity contribution is 6.34. The maximum Gasteiger partial charge on any atom is 0.573 e. The van der Waals surface area contributed by atoms with Gasteiger partial charge in [-0.15, -0.1) is 13.2 Å². The first kappa shape index (κ1) is 23.6. The molecule has 3 aromatic rings. The Labute approximate surface area is 201 Å². The van der Waals surface area contributed by atoms with Crippen molar-refractivity contribution in [3.8, 4) is 5.75 Å². The van der Waals surface area contributed by atoms with Gasteiger partial charge in [-0.1, -0.05) is 17.7 Å². The normalized spacial score (nSPS) is 18.1. The average Bonchev–Trinajstić information content (AvgIpc) is 3.30. The molecule has 1 fully saturated rings. The molecule has 1 aromatic heterocycles. The number of nitrogen functional groups attached to an aromatic ring is 1. The van der Waals surface area contributed by atoms with E-state index in [1.807, 2.05) is 0 Å². The number of aromatic nitrogens is 1. The molecule has 35 heavy (non-hydrogen) atoms. The van der Waals surface area contributed by atoms with Gasteiger partial charge in [-0.05, 0) is 35.4 Å². The highest BCUT2D eigenvalue weighted by Crippen LogP contribution is 2.36. The Balaban J connectivity index is 1.53. The van der Waals surface area contributed by atoms with Crippen molar-refractivity contribution in [1.29, 1.82) is 0 Å². The molecule has 0 saturated carbocycles. The van der Waals surface area contributed by atoms with Crippen molar-refractivity contribution in [2.45, 2.75) is 25.6 Å². The molecule has 0 spiro atoms. The van der Waals surface area contributed by atoms with Crippen molar-refractivity contribution in [1.82, 2.24) is 9.88 Å². The number of amides is 1. The van der Waals surface area contributed by atoms with Crippen molar-refractivity contribution in [3.05, 3.63) is 63.4 Å². The highest BCUT2D eigenvalue weighted by Gasteiger charge is 2.35. The van der Waals surface area contributed by atoms with Crippen molar-refractivity contribution in [3.63, 3.8) is 0 Å². The lowest BCUT2D eigenvalue weighted by Crippen LogP contribution is -2.43. The lowest BCUT2D eigenvalue weighted by Gasteiger charge is -2.36. The molecule has 2 aromatic carbocycles.